The number of nitrogens with zero attached hydrogens (tertiary/aromatic N) is 1. The molecule has 3 nitrogen and oxygen atoms in total. The van der Waals surface area contributed by atoms with Gasteiger partial charge in [-0.1, -0.05) is 42.5 Å². The number of benzene rings is 2. The highest BCUT2D eigenvalue weighted by Crippen LogP contribution is 2.41. The molecule has 1 aliphatic rings. The summed E-state index contributed by atoms with van der Waals surface area (Å²) in [7, 11) is 3.56. The van der Waals surface area contributed by atoms with Crippen LogP contribution in [-0.2, 0) is 11.2 Å². The Bertz CT molecular complexity index is 651. The summed E-state index contributed by atoms with van der Waals surface area (Å²) < 4.78 is 5.21. The van der Waals surface area contributed by atoms with E-state index < -0.39 is 0 Å². The van der Waals surface area contributed by atoms with Crippen LogP contribution in [0.1, 0.15) is 30.0 Å². The zero-order valence-electron chi connectivity index (χ0n) is 13.7. The number of hydrogen-bond acceptors (Lipinski definition) is 2. The third kappa shape index (κ3) is 3.24. The van der Waals surface area contributed by atoms with Crippen molar-refractivity contribution in [3.63, 3.8) is 0 Å². The highest BCUT2D eigenvalue weighted by atomic mass is 16.5. The molecule has 23 heavy (non-hydrogen) atoms. The Morgan fingerprint density at radius 3 is 2.39 bits per heavy atom. The number of hydrogen-bond donors (Lipinski definition) is 0. The first-order chi connectivity index (χ1) is 11.2. The Morgan fingerprint density at radius 2 is 1.74 bits per heavy atom. The number of carbonyl (C=O) groups excluding carboxylic acids is 1. The SMILES string of the molecule is COc1ccc([C@@H]2[C@@H](CCCc3ccccc3)C(=O)N2C)cc1. The predicted molar refractivity (Wildman–Crippen MR) is 91.4 cm³/mol. The fraction of sp³-hybridized carbons (Fsp3) is 0.350. The quantitative estimate of drug-likeness (QED) is 0.759. The van der Waals surface area contributed by atoms with Crippen molar-refractivity contribution in [2.24, 2.45) is 5.92 Å². The summed E-state index contributed by atoms with van der Waals surface area (Å²) >= 11 is 0. The van der Waals surface area contributed by atoms with Crippen LogP contribution >= 0.6 is 0 Å². The molecule has 2 aromatic carbocycles. The monoisotopic (exact) mass is 309 g/mol. The van der Waals surface area contributed by atoms with Crippen LogP contribution in [0.25, 0.3) is 0 Å². The first kappa shape index (κ1) is 15.6. The largest absolute Gasteiger partial charge is 0.497 e. The van der Waals surface area contributed by atoms with E-state index in [0.29, 0.717) is 0 Å². The molecule has 2 atom stereocenters. The molecule has 1 fully saturated rings. The molecule has 1 heterocycles. The summed E-state index contributed by atoms with van der Waals surface area (Å²) in [5, 5.41) is 0. The van der Waals surface area contributed by atoms with Crippen LogP contribution in [-0.4, -0.2) is 25.0 Å². The van der Waals surface area contributed by atoms with Gasteiger partial charge in [0.05, 0.1) is 19.1 Å². The van der Waals surface area contributed by atoms with Crippen LogP contribution in [0, 0.1) is 5.92 Å². The molecular formula is C20H23NO2. The van der Waals surface area contributed by atoms with Gasteiger partial charge in [-0.2, -0.15) is 0 Å². The van der Waals surface area contributed by atoms with Crippen molar-refractivity contribution in [1.82, 2.24) is 4.90 Å². The molecule has 0 unspecified atom stereocenters. The van der Waals surface area contributed by atoms with Crippen LogP contribution in [0.2, 0.25) is 0 Å². The summed E-state index contributed by atoms with van der Waals surface area (Å²) in [6.07, 6.45) is 3.01. The molecule has 120 valence electrons. The van der Waals surface area contributed by atoms with E-state index in [1.807, 2.05) is 30.1 Å². The Kier molecular flexibility index (Phi) is 4.65. The van der Waals surface area contributed by atoms with Crippen LogP contribution in [0.4, 0.5) is 0 Å². The second-order valence-electron chi connectivity index (χ2n) is 6.15. The van der Waals surface area contributed by atoms with Crippen molar-refractivity contribution in [2.75, 3.05) is 14.2 Å². The maximum absolute atomic E-state index is 12.2. The van der Waals surface area contributed by atoms with Crippen molar-refractivity contribution < 1.29 is 9.53 Å². The lowest BCUT2D eigenvalue weighted by Crippen LogP contribution is -2.52. The lowest BCUT2D eigenvalue weighted by Gasteiger charge is -2.45. The van der Waals surface area contributed by atoms with Crippen molar-refractivity contribution in [3.05, 3.63) is 65.7 Å². The standard InChI is InChI=1S/C20H23NO2/c1-21-19(16-11-13-17(23-2)14-12-16)18(20(21)22)10-6-9-15-7-4-3-5-8-15/h3-5,7-8,11-14,18-19H,6,9-10H2,1-2H3/t18-,19-/m1/s1. The minimum absolute atomic E-state index is 0.108. The molecule has 0 spiro atoms. The number of rotatable bonds is 6. The first-order valence-corrected chi connectivity index (χ1v) is 8.15. The average Bonchev–Trinajstić information content (AvgIpc) is 2.61. The summed E-state index contributed by atoms with van der Waals surface area (Å²) in [5.74, 6) is 1.22. The summed E-state index contributed by atoms with van der Waals surface area (Å²) in [5.41, 5.74) is 2.53. The average molecular weight is 309 g/mol. The third-order valence-corrected chi connectivity index (χ3v) is 4.74. The fourth-order valence-electron chi connectivity index (χ4n) is 3.43. The van der Waals surface area contributed by atoms with Crippen LogP contribution in [0.15, 0.2) is 54.6 Å². The zero-order valence-corrected chi connectivity index (χ0v) is 13.7. The van der Waals surface area contributed by atoms with Gasteiger partial charge in [0, 0.05) is 7.05 Å². The molecule has 3 heteroatoms. The van der Waals surface area contributed by atoms with E-state index in [1.54, 1.807) is 7.11 Å². The maximum atomic E-state index is 12.2. The topological polar surface area (TPSA) is 29.5 Å². The smallest absolute Gasteiger partial charge is 0.228 e. The van der Waals surface area contributed by atoms with Crippen molar-refractivity contribution in [2.45, 2.75) is 25.3 Å². The maximum Gasteiger partial charge on any atom is 0.228 e. The molecule has 0 bridgehead atoms. The van der Waals surface area contributed by atoms with Crippen molar-refractivity contribution in [1.29, 1.82) is 0 Å². The number of aryl methyl sites for hydroxylation is 1. The first-order valence-electron chi connectivity index (χ1n) is 8.15. The van der Waals surface area contributed by atoms with Gasteiger partial charge in [-0.25, -0.2) is 0 Å². The Balaban J connectivity index is 1.62. The molecule has 1 amide bonds. The summed E-state index contributed by atoms with van der Waals surface area (Å²) in [6.45, 7) is 0. The van der Waals surface area contributed by atoms with Gasteiger partial charge in [0.2, 0.25) is 5.91 Å². The van der Waals surface area contributed by atoms with Gasteiger partial charge in [0.25, 0.3) is 0 Å². The van der Waals surface area contributed by atoms with E-state index in [9.17, 15) is 4.79 Å². The molecule has 2 aromatic rings. The van der Waals surface area contributed by atoms with E-state index in [0.717, 1.165) is 25.0 Å². The second-order valence-corrected chi connectivity index (χ2v) is 6.15. The predicted octanol–water partition coefficient (Wildman–Crippen LogP) is 3.85. The van der Waals surface area contributed by atoms with E-state index in [-0.39, 0.29) is 17.9 Å². The van der Waals surface area contributed by atoms with E-state index >= 15 is 0 Å². The third-order valence-electron chi connectivity index (χ3n) is 4.74. The number of amides is 1. The summed E-state index contributed by atoms with van der Waals surface area (Å²) in [6, 6.07) is 18.7. The second kappa shape index (κ2) is 6.86. The van der Waals surface area contributed by atoms with Crippen LogP contribution in [0.5, 0.6) is 5.75 Å². The summed E-state index contributed by atoms with van der Waals surface area (Å²) in [4.78, 5) is 14.1. The van der Waals surface area contributed by atoms with E-state index in [4.69, 9.17) is 4.74 Å². The van der Waals surface area contributed by atoms with Gasteiger partial charge >= 0.3 is 0 Å². The minimum atomic E-state index is 0.108. The number of methoxy groups -OCH3 is 1. The number of likely N-dealkylation sites (tertiary alicyclic amines) is 1. The van der Waals surface area contributed by atoms with Gasteiger partial charge < -0.3 is 9.64 Å². The van der Waals surface area contributed by atoms with Gasteiger partial charge in [0.15, 0.2) is 0 Å². The Labute approximate surface area is 137 Å². The zero-order chi connectivity index (χ0) is 16.2. The Morgan fingerprint density at radius 1 is 1.04 bits per heavy atom. The molecule has 0 aromatic heterocycles. The number of β-lactam (4-membered cyclic amide) rings is 1. The van der Waals surface area contributed by atoms with Crippen molar-refractivity contribution >= 4 is 5.91 Å². The van der Waals surface area contributed by atoms with Crippen molar-refractivity contribution in [3.8, 4) is 5.75 Å². The fourth-order valence-corrected chi connectivity index (χ4v) is 3.43. The van der Waals surface area contributed by atoms with Gasteiger partial charge in [-0.15, -0.1) is 0 Å². The van der Waals surface area contributed by atoms with E-state index in [1.165, 1.54) is 11.1 Å². The highest BCUT2D eigenvalue weighted by molar-refractivity contribution is 5.86. The normalized spacial score (nSPS) is 20.3. The Hall–Kier alpha value is -2.29. The molecule has 0 saturated carbocycles. The van der Waals surface area contributed by atoms with Gasteiger partial charge in [0.1, 0.15) is 5.75 Å². The molecule has 0 aliphatic carbocycles. The molecule has 1 aliphatic heterocycles. The van der Waals surface area contributed by atoms with Gasteiger partial charge in [-0.05, 0) is 42.5 Å². The number of carbonyl (C=O) groups is 1. The molecule has 0 N–H and O–H groups in total. The lowest BCUT2D eigenvalue weighted by atomic mass is 9.79. The van der Waals surface area contributed by atoms with Crippen LogP contribution in [0.3, 0.4) is 0 Å². The minimum Gasteiger partial charge on any atom is -0.497 e. The molecule has 3 rings (SSSR count). The molecular weight excluding hydrogens is 286 g/mol. The number of ether oxygens (including phenoxy) is 1. The highest BCUT2D eigenvalue weighted by Gasteiger charge is 2.44. The lowest BCUT2D eigenvalue weighted by molar-refractivity contribution is -0.154. The van der Waals surface area contributed by atoms with E-state index in [2.05, 4.69) is 36.4 Å². The van der Waals surface area contributed by atoms with Gasteiger partial charge in [-0.3, -0.25) is 4.79 Å². The molecule has 0 radical (unpaired) electrons. The molecule has 1 saturated heterocycles. The van der Waals surface area contributed by atoms with Crippen LogP contribution < -0.4 is 4.74 Å².